The van der Waals surface area contributed by atoms with Gasteiger partial charge in [-0.3, -0.25) is 14.5 Å². The van der Waals surface area contributed by atoms with Crippen molar-refractivity contribution in [1.82, 2.24) is 10.2 Å². The van der Waals surface area contributed by atoms with Gasteiger partial charge in [-0.25, -0.2) is 0 Å². The molecule has 5 heteroatoms. The smallest absolute Gasteiger partial charge is 0.303 e. The van der Waals surface area contributed by atoms with Crippen LogP contribution in [0.1, 0.15) is 53.9 Å². The number of carboxylic acids is 1. The van der Waals surface area contributed by atoms with Crippen LogP contribution in [0.5, 0.6) is 0 Å². The maximum Gasteiger partial charge on any atom is 0.303 e. The van der Waals surface area contributed by atoms with E-state index in [1.807, 2.05) is 39.5 Å². The second-order valence-electron chi connectivity index (χ2n) is 5.85. The molecule has 0 aromatic heterocycles. The Bertz CT molecular complexity index is 301. The van der Waals surface area contributed by atoms with Crippen LogP contribution in [0.4, 0.5) is 0 Å². The molecular formula is C14H28N2O3. The molecule has 5 nitrogen and oxygen atoms in total. The average molecular weight is 272 g/mol. The molecule has 1 amide bonds. The van der Waals surface area contributed by atoms with Gasteiger partial charge in [-0.2, -0.15) is 0 Å². The van der Waals surface area contributed by atoms with Crippen LogP contribution in [0.15, 0.2) is 0 Å². The third kappa shape index (κ3) is 8.59. The summed E-state index contributed by atoms with van der Waals surface area (Å²) in [7, 11) is 0. The predicted octanol–water partition coefficient (Wildman–Crippen LogP) is 1.87. The fourth-order valence-electron chi connectivity index (χ4n) is 1.64. The summed E-state index contributed by atoms with van der Waals surface area (Å²) in [5, 5.41) is 11.6. The molecule has 0 fully saturated rings. The summed E-state index contributed by atoms with van der Waals surface area (Å²) < 4.78 is 0. The number of carboxylic acid groups (broad SMARTS) is 1. The van der Waals surface area contributed by atoms with Gasteiger partial charge in [-0.05, 0) is 47.1 Å². The van der Waals surface area contributed by atoms with E-state index in [1.54, 1.807) is 0 Å². The Hall–Kier alpha value is -1.10. The van der Waals surface area contributed by atoms with E-state index in [4.69, 9.17) is 5.11 Å². The van der Waals surface area contributed by atoms with Gasteiger partial charge in [-0.1, -0.05) is 6.92 Å². The first-order valence-corrected chi connectivity index (χ1v) is 6.94. The Balaban J connectivity index is 4.26. The zero-order valence-corrected chi connectivity index (χ0v) is 12.8. The molecule has 112 valence electrons. The second kappa shape index (κ2) is 8.15. The maximum atomic E-state index is 12.0. The summed E-state index contributed by atoms with van der Waals surface area (Å²) in [5.74, 6) is -0.795. The van der Waals surface area contributed by atoms with E-state index in [2.05, 4.69) is 5.32 Å². The summed E-state index contributed by atoms with van der Waals surface area (Å²) in [5.41, 5.74) is -0.194. The summed E-state index contributed by atoms with van der Waals surface area (Å²) in [4.78, 5) is 24.5. The molecular weight excluding hydrogens is 244 g/mol. The zero-order chi connectivity index (χ0) is 15.1. The minimum Gasteiger partial charge on any atom is -0.481 e. The molecule has 0 aromatic rings. The largest absolute Gasteiger partial charge is 0.481 e. The number of aliphatic carboxylic acids is 1. The van der Waals surface area contributed by atoms with Crippen molar-refractivity contribution in [2.75, 3.05) is 13.1 Å². The van der Waals surface area contributed by atoms with Crippen LogP contribution in [0.25, 0.3) is 0 Å². The molecule has 0 spiro atoms. The number of nitrogens with zero attached hydrogens (tertiary/aromatic N) is 1. The molecule has 2 N–H and O–H groups in total. The summed E-state index contributed by atoms with van der Waals surface area (Å²) in [6, 6.07) is 0.226. The molecule has 0 unspecified atom stereocenters. The van der Waals surface area contributed by atoms with E-state index < -0.39 is 5.97 Å². The van der Waals surface area contributed by atoms with Gasteiger partial charge in [0.15, 0.2) is 0 Å². The topological polar surface area (TPSA) is 69.6 Å². The zero-order valence-electron chi connectivity index (χ0n) is 12.8. The van der Waals surface area contributed by atoms with Crippen molar-refractivity contribution in [3.63, 3.8) is 0 Å². The third-order valence-corrected chi connectivity index (χ3v) is 3.27. The van der Waals surface area contributed by atoms with Gasteiger partial charge in [0.2, 0.25) is 5.91 Å². The molecule has 0 heterocycles. The minimum absolute atomic E-state index is 0.00382. The third-order valence-electron chi connectivity index (χ3n) is 3.27. The number of carbonyl (C=O) groups excluding carboxylic acids is 1. The lowest BCUT2D eigenvalue weighted by atomic mass is 10.0. The Kier molecular flexibility index (Phi) is 7.68. The lowest BCUT2D eigenvalue weighted by Crippen LogP contribution is -2.48. The van der Waals surface area contributed by atoms with Crippen molar-refractivity contribution in [2.24, 2.45) is 0 Å². The number of hydrogen-bond acceptors (Lipinski definition) is 3. The van der Waals surface area contributed by atoms with Crippen molar-refractivity contribution in [1.29, 1.82) is 0 Å². The molecule has 0 atom stereocenters. The van der Waals surface area contributed by atoms with E-state index in [1.165, 1.54) is 0 Å². The number of rotatable bonds is 9. The van der Waals surface area contributed by atoms with Crippen LogP contribution in [-0.4, -0.2) is 46.6 Å². The van der Waals surface area contributed by atoms with Crippen LogP contribution in [0, 0.1) is 0 Å². The van der Waals surface area contributed by atoms with Crippen molar-refractivity contribution in [3.8, 4) is 0 Å². The fourth-order valence-corrected chi connectivity index (χ4v) is 1.64. The average Bonchev–Trinajstić information content (AvgIpc) is 2.26. The summed E-state index contributed by atoms with van der Waals surface area (Å²) in [6.07, 6.45) is 1.59. The highest BCUT2D eigenvalue weighted by atomic mass is 16.4. The Morgan fingerprint density at radius 1 is 1.32 bits per heavy atom. The highest BCUT2D eigenvalue weighted by Crippen LogP contribution is 2.07. The van der Waals surface area contributed by atoms with E-state index in [9.17, 15) is 9.59 Å². The highest BCUT2D eigenvalue weighted by Gasteiger charge is 2.20. The Morgan fingerprint density at radius 3 is 2.32 bits per heavy atom. The molecule has 0 aliphatic rings. The number of hydrogen-bond donors (Lipinski definition) is 2. The fraction of sp³-hybridized carbons (Fsp3) is 0.857. The van der Waals surface area contributed by atoms with Gasteiger partial charge in [-0.15, -0.1) is 0 Å². The molecule has 0 saturated carbocycles. The monoisotopic (exact) mass is 272 g/mol. The molecule has 0 aliphatic heterocycles. The van der Waals surface area contributed by atoms with Crippen LogP contribution < -0.4 is 5.32 Å². The molecule has 19 heavy (non-hydrogen) atoms. The first kappa shape index (κ1) is 17.9. The second-order valence-corrected chi connectivity index (χ2v) is 5.85. The van der Waals surface area contributed by atoms with Gasteiger partial charge >= 0.3 is 5.97 Å². The van der Waals surface area contributed by atoms with Crippen LogP contribution >= 0.6 is 0 Å². The summed E-state index contributed by atoms with van der Waals surface area (Å²) >= 11 is 0. The maximum absolute atomic E-state index is 12.0. The number of amides is 1. The lowest BCUT2D eigenvalue weighted by molar-refractivity contribution is -0.137. The predicted molar refractivity (Wildman–Crippen MR) is 76.1 cm³/mol. The number of nitrogens with one attached hydrogen (secondary N) is 1. The van der Waals surface area contributed by atoms with Crippen molar-refractivity contribution < 1.29 is 14.7 Å². The molecule has 0 radical (unpaired) electrons. The van der Waals surface area contributed by atoms with Gasteiger partial charge in [0.05, 0.1) is 6.54 Å². The van der Waals surface area contributed by atoms with Gasteiger partial charge in [0, 0.05) is 18.0 Å². The van der Waals surface area contributed by atoms with Gasteiger partial charge in [0.1, 0.15) is 0 Å². The van der Waals surface area contributed by atoms with Crippen molar-refractivity contribution in [3.05, 3.63) is 0 Å². The molecule has 0 aliphatic carbocycles. The SMILES string of the molecule is CCC(C)(C)NC(=O)CN(CCCC(=O)O)C(C)C. The standard InChI is InChI=1S/C14H28N2O3/c1-6-14(4,5)15-12(17)10-16(11(2)3)9-7-8-13(18)19/h11H,6-10H2,1-5H3,(H,15,17)(H,18,19). The first-order valence-electron chi connectivity index (χ1n) is 6.94. The molecule has 0 aromatic carbocycles. The van der Waals surface area contributed by atoms with E-state index in [-0.39, 0.29) is 23.9 Å². The quantitative estimate of drug-likeness (QED) is 0.672. The Morgan fingerprint density at radius 2 is 1.89 bits per heavy atom. The van der Waals surface area contributed by atoms with Crippen molar-refractivity contribution in [2.45, 2.75) is 65.5 Å². The van der Waals surface area contributed by atoms with E-state index >= 15 is 0 Å². The van der Waals surface area contributed by atoms with Crippen LogP contribution in [-0.2, 0) is 9.59 Å². The minimum atomic E-state index is -0.791. The molecule has 0 saturated heterocycles. The van der Waals surface area contributed by atoms with E-state index in [0.29, 0.717) is 19.5 Å². The van der Waals surface area contributed by atoms with Gasteiger partial charge in [0.25, 0.3) is 0 Å². The number of carbonyl (C=O) groups is 2. The van der Waals surface area contributed by atoms with Crippen LogP contribution in [0.2, 0.25) is 0 Å². The summed E-state index contributed by atoms with van der Waals surface area (Å²) in [6.45, 7) is 11.0. The lowest BCUT2D eigenvalue weighted by Gasteiger charge is -2.29. The first-order chi connectivity index (χ1) is 8.68. The molecule has 0 rings (SSSR count). The van der Waals surface area contributed by atoms with Crippen molar-refractivity contribution >= 4 is 11.9 Å². The molecule has 0 bridgehead atoms. The van der Waals surface area contributed by atoms with Gasteiger partial charge < -0.3 is 10.4 Å². The highest BCUT2D eigenvalue weighted by molar-refractivity contribution is 5.78. The normalized spacial score (nSPS) is 11.9. The van der Waals surface area contributed by atoms with Crippen LogP contribution in [0.3, 0.4) is 0 Å². The van der Waals surface area contributed by atoms with E-state index in [0.717, 1.165) is 6.42 Å². The Labute approximate surface area is 116 Å².